The molecule has 0 aliphatic heterocycles. The molecule has 0 bridgehead atoms. The second-order valence-corrected chi connectivity index (χ2v) is 7.06. The van der Waals surface area contributed by atoms with E-state index in [1.54, 1.807) is 35.0 Å². The van der Waals surface area contributed by atoms with Crippen LogP contribution in [0.15, 0.2) is 42.6 Å². The normalized spacial score (nSPS) is 11.1. The van der Waals surface area contributed by atoms with Crippen LogP contribution >= 0.6 is 0 Å². The smallest absolute Gasteiger partial charge is 0.224 e. The summed E-state index contributed by atoms with van der Waals surface area (Å²) in [4.78, 5) is 33.0. The van der Waals surface area contributed by atoms with Crippen molar-refractivity contribution < 1.29 is 9.59 Å². The predicted molar refractivity (Wildman–Crippen MR) is 111 cm³/mol. The van der Waals surface area contributed by atoms with Gasteiger partial charge in [0.1, 0.15) is 0 Å². The second kappa shape index (κ2) is 7.43. The monoisotopic (exact) mass is 387 g/mol. The highest BCUT2D eigenvalue weighted by Crippen LogP contribution is 2.22. The van der Waals surface area contributed by atoms with Crippen LogP contribution < -0.4 is 5.32 Å². The number of hydrogen-bond acceptors (Lipinski definition) is 5. The molecule has 1 aromatic carbocycles. The number of hydrogen-bond donors (Lipinski definition) is 1. The lowest BCUT2D eigenvalue weighted by Crippen LogP contribution is -2.14. The number of rotatable bonds is 5. The summed E-state index contributed by atoms with van der Waals surface area (Å²) in [7, 11) is 0. The molecule has 7 nitrogen and oxygen atoms in total. The highest BCUT2D eigenvalue weighted by atomic mass is 16.1. The number of pyridine rings is 1. The van der Waals surface area contributed by atoms with E-state index in [1.807, 2.05) is 26.0 Å². The second-order valence-electron chi connectivity index (χ2n) is 7.06. The maximum absolute atomic E-state index is 12.4. The molecule has 1 amide bonds. The number of ketones is 1. The number of nitrogens with one attached hydrogen (secondary N) is 1. The zero-order chi connectivity index (χ0) is 20.5. The zero-order valence-electron chi connectivity index (χ0n) is 16.6. The number of Topliss-reactive ketones (excluding diaryl/α,β-unsaturated/α-hetero) is 1. The van der Waals surface area contributed by atoms with Crippen LogP contribution in [-0.4, -0.2) is 31.3 Å². The molecule has 29 heavy (non-hydrogen) atoms. The van der Waals surface area contributed by atoms with Crippen LogP contribution in [0.25, 0.3) is 16.7 Å². The van der Waals surface area contributed by atoms with E-state index in [-0.39, 0.29) is 11.7 Å². The maximum Gasteiger partial charge on any atom is 0.224 e. The number of anilines is 1. The lowest BCUT2D eigenvalue weighted by Gasteiger charge is -2.11. The minimum atomic E-state index is -0.114. The number of amides is 1. The maximum atomic E-state index is 12.4. The first kappa shape index (κ1) is 18.7. The zero-order valence-corrected chi connectivity index (χ0v) is 16.6. The van der Waals surface area contributed by atoms with Crippen molar-refractivity contribution in [2.75, 3.05) is 5.32 Å². The first-order chi connectivity index (χ1) is 13.9. The van der Waals surface area contributed by atoms with E-state index in [0.29, 0.717) is 29.7 Å². The third-order valence-electron chi connectivity index (χ3n) is 5.04. The van der Waals surface area contributed by atoms with Gasteiger partial charge in [0.2, 0.25) is 5.91 Å². The molecule has 0 saturated carbocycles. The number of aryl methyl sites for hydroxylation is 2. The van der Waals surface area contributed by atoms with Crippen molar-refractivity contribution in [3.63, 3.8) is 0 Å². The molecule has 0 aliphatic carbocycles. The fourth-order valence-electron chi connectivity index (χ4n) is 3.50. The molecule has 0 saturated heterocycles. The van der Waals surface area contributed by atoms with Gasteiger partial charge in [-0.25, -0.2) is 14.5 Å². The van der Waals surface area contributed by atoms with E-state index in [0.717, 1.165) is 28.0 Å². The van der Waals surface area contributed by atoms with E-state index in [4.69, 9.17) is 4.98 Å². The molecule has 7 heteroatoms. The average molecular weight is 387 g/mol. The Morgan fingerprint density at radius 2 is 1.97 bits per heavy atom. The van der Waals surface area contributed by atoms with Gasteiger partial charge in [-0.2, -0.15) is 0 Å². The van der Waals surface area contributed by atoms with E-state index in [1.165, 1.54) is 6.92 Å². The lowest BCUT2D eigenvalue weighted by molar-refractivity contribution is -0.116. The minimum Gasteiger partial charge on any atom is -0.326 e. The average Bonchev–Trinajstić information content (AvgIpc) is 3.07. The molecule has 0 atom stereocenters. The van der Waals surface area contributed by atoms with Crippen molar-refractivity contribution in [3.05, 3.63) is 65.1 Å². The van der Waals surface area contributed by atoms with Gasteiger partial charge in [0, 0.05) is 35.3 Å². The first-order valence-corrected chi connectivity index (χ1v) is 9.44. The molecule has 146 valence electrons. The molecule has 3 heterocycles. The molecule has 0 unspecified atom stereocenters. The fourth-order valence-corrected chi connectivity index (χ4v) is 3.50. The molecule has 0 radical (unpaired) electrons. The lowest BCUT2D eigenvalue weighted by atomic mass is 10.1. The summed E-state index contributed by atoms with van der Waals surface area (Å²) in [6.07, 6.45) is 2.56. The summed E-state index contributed by atoms with van der Waals surface area (Å²) >= 11 is 0. The predicted octanol–water partition coefficient (Wildman–Crippen LogP) is 3.67. The SMILES string of the molecule is CC(=O)c1cccc(NC(=O)CCc2c(C)nc3c4cccnc4nn3c2C)c1. The molecule has 3 aromatic heterocycles. The molecule has 4 aromatic rings. The highest BCUT2D eigenvalue weighted by Gasteiger charge is 2.15. The van der Waals surface area contributed by atoms with Crippen molar-refractivity contribution in [1.29, 1.82) is 0 Å². The Balaban J connectivity index is 1.55. The van der Waals surface area contributed by atoms with Crippen molar-refractivity contribution >= 4 is 34.1 Å². The summed E-state index contributed by atoms with van der Waals surface area (Å²) < 4.78 is 1.80. The van der Waals surface area contributed by atoms with Crippen LogP contribution in [-0.2, 0) is 11.2 Å². The van der Waals surface area contributed by atoms with Gasteiger partial charge in [0.05, 0.1) is 5.39 Å². The van der Waals surface area contributed by atoms with Gasteiger partial charge in [0.25, 0.3) is 0 Å². The number of fused-ring (bicyclic) bond motifs is 3. The summed E-state index contributed by atoms with van der Waals surface area (Å²) in [5, 5.41) is 8.32. The third kappa shape index (κ3) is 3.59. The van der Waals surface area contributed by atoms with Gasteiger partial charge in [-0.3, -0.25) is 9.59 Å². The molecule has 0 aliphatic rings. The van der Waals surface area contributed by atoms with E-state index in [9.17, 15) is 9.59 Å². The highest BCUT2D eigenvalue weighted by molar-refractivity contribution is 5.97. The van der Waals surface area contributed by atoms with Gasteiger partial charge in [-0.1, -0.05) is 12.1 Å². The number of nitrogens with zero attached hydrogens (tertiary/aromatic N) is 4. The summed E-state index contributed by atoms with van der Waals surface area (Å²) in [6.45, 7) is 5.44. The van der Waals surface area contributed by atoms with E-state index < -0.39 is 0 Å². The van der Waals surface area contributed by atoms with E-state index >= 15 is 0 Å². The van der Waals surface area contributed by atoms with Gasteiger partial charge in [-0.15, -0.1) is 5.10 Å². The fraction of sp³-hybridized carbons (Fsp3) is 0.227. The van der Waals surface area contributed by atoms with Gasteiger partial charge in [-0.05, 0) is 57.0 Å². The Hall–Kier alpha value is -3.61. The summed E-state index contributed by atoms with van der Waals surface area (Å²) in [6, 6.07) is 10.8. The standard InChI is InChI=1S/C22H21N5O2/c1-13-18(9-10-20(29)25-17-7-4-6-16(12-17)15(3)28)14(2)27-22(24-13)19-8-5-11-23-21(19)26-27/h4-8,11-12H,9-10H2,1-3H3,(H,25,29). The van der Waals surface area contributed by atoms with Crippen LogP contribution in [0.3, 0.4) is 0 Å². The number of carbonyl (C=O) groups excluding carboxylic acids is 2. The van der Waals surface area contributed by atoms with Gasteiger partial charge < -0.3 is 5.32 Å². The van der Waals surface area contributed by atoms with Crippen molar-refractivity contribution in [2.45, 2.75) is 33.6 Å². The van der Waals surface area contributed by atoms with E-state index in [2.05, 4.69) is 15.4 Å². The minimum absolute atomic E-state index is 0.0344. The molecule has 0 fully saturated rings. The van der Waals surface area contributed by atoms with Crippen LogP contribution in [0.1, 0.15) is 40.7 Å². The number of carbonyl (C=O) groups is 2. The number of benzene rings is 1. The van der Waals surface area contributed by atoms with Crippen molar-refractivity contribution in [1.82, 2.24) is 19.6 Å². The summed E-state index contributed by atoms with van der Waals surface area (Å²) in [5.41, 5.74) is 5.46. The largest absolute Gasteiger partial charge is 0.326 e. The van der Waals surface area contributed by atoms with Crippen LogP contribution in [0.5, 0.6) is 0 Å². The Labute approximate surface area is 167 Å². The van der Waals surface area contributed by atoms with Crippen LogP contribution in [0.4, 0.5) is 5.69 Å². The van der Waals surface area contributed by atoms with Crippen molar-refractivity contribution in [2.24, 2.45) is 0 Å². The Morgan fingerprint density at radius 1 is 1.14 bits per heavy atom. The third-order valence-corrected chi connectivity index (χ3v) is 5.04. The molecule has 0 spiro atoms. The Bertz CT molecular complexity index is 1260. The summed E-state index contributed by atoms with van der Waals surface area (Å²) in [5.74, 6) is -0.148. The Kier molecular flexibility index (Phi) is 4.80. The molecular weight excluding hydrogens is 366 g/mol. The van der Waals surface area contributed by atoms with Gasteiger partial charge in [0.15, 0.2) is 17.1 Å². The van der Waals surface area contributed by atoms with Gasteiger partial charge >= 0.3 is 0 Å². The molecular formula is C22H21N5O2. The number of aromatic nitrogens is 4. The molecule has 1 N–H and O–H groups in total. The first-order valence-electron chi connectivity index (χ1n) is 9.44. The van der Waals surface area contributed by atoms with Crippen LogP contribution in [0, 0.1) is 13.8 Å². The quantitative estimate of drug-likeness (QED) is 0.528. The molecule has 4 rings (SSSR count). The van der Waals surface area contributed by atoms with Crippen LogP contribution in [0.2, 0.25) is 0 Å². The topological polar surface area (TPSA) is 89.2 Å². The van der Waals surface area contributed by atoms with Crippen molar-refractivity contribution in [3.8, 4) is 0 Å². The Morgan fingerprint density at radius 3 is 2.76 bits per heavy atom.